The molecule has 0 amide bonds. The maximum atomic E-state index is 10.3. The normalized spacial score (nSPS) is 39.1. The van der Waals surface area contributed by atoms with Crippen LogP contribution in [0.4, 0.5) is 0 Å². The Bertz CT molecular complexity index is 716. The van der Waals surface area contributed by atoms with Gasteiger partial charge in [0, 0.05) is 0 Å². The maximum Gasteiger partial charge on any atom is 0.229 e. The lowest BCUT2D eigenvalue weighted by atomic mass is 9.99. The van der Waals surface area contributed by atoms with Gasteiger partial charge in [-0.05, 0) is 24.6 Å². The molecule has 170 valence electrons. The number of hydrogen-bond acceptors (Lipinski definition) is 11. The third-order valence-electron chi connectivity index (χ3n) is 5.24. The Hall–Kier alpha value is -1.54. The molecule has 3 rings (SSSR count). The molecule has 11 nitrogen and oxygen atoms in total. The van der Waals surface area contributed by atoms with Crippen molar-refractivity contribution < 1.29 is 54.3 Å². The molecular weight excluding hydrogens is 404 g/mol. The van der Waals surface area contributed by atoms with Crippen LogP contribution >= 0.6 is 0 Å². The Morgan fingerprint density at radius 1 is 1.07 bits per heavy atom. The molecule has 6 N–H and O–H groups in total. The summed E-state index contributed by atoms with van der Waals surface area (Å²) in [5.41, 5.74) is -0.941. The summed E-state index contributed by atoms with van der Waals surface area (Å²) in [4.78, 5) is 0. The highest BCUT2D eigenvalue weighted by atomic mass is 16.7. The number of aliphatic hydroxyl groups is 6. The molecule has 8 unspecified atom stereocenters. The van der Waals surface area contributed by atoms with E-state index in [0.29, 0.717) is 5.75 Å². The first kappa shape index (κ1) is 23.1. The highest BCUT2D eigenvalue weighted by molar-refractivity contribution is 5.42. The highest BCUT2D eigenvalue weighted by Crippen LogP contribution is 2.32. The average Bonchev–Trinajstić information content (AvgIpc) is 3.03. The first-order chi connectivity index (χ1) is 14.2. The van der Waals surface area contributed by atoms with Crippen LogP contribution in [0.5, 0.6) is 11.5 Å². The lowest BCUT2D eigenvalue weighted by Crippen LogP contribution is -2.60. The van der Waals surface area contributed by atoms with E-state index in [9.17, 15) is 30.6 Å². The molecule has 2 aliphatic rings. The van der Waals surface area contributed by atoms with Gasteiger partial charge >= 0.3 is 0 Å². The molecule has 30 heavy (non-hydrogen) atoms. The Labute approximate surface area is 172 Å². The zero-order valence-corrected chi connectivity index (χ0v) is 16.6. The molecule has 0 spiro atoms. The van der Waals surface area contributed by atoms with Gasteiger partial charge in [0.25, 0.3) is 0 Å². The third kappa shape index (κ3) is 4.54. The Morgan fingerprint density at radius 3 is 2.43 bits per heavy atom. The Balaban J connectivity index is 1.66. The lowest BCUT2D eigenvalue weighted by Gasteiger charge is -2.40. The van der Waals surface area contributed by atoms with Crippen molar-refractivity contribution in [1.29, 1.82) is 0 Å². The van der Waals surface area contributed by atoms with E-state index in [1.54, 1.807) is 18.2 Å². The minimum Gasteiger partial charge on any atom is -0.493 e. The van der Waals surface area contributed by atoms with Gasteiger partial charge in [-0.15, -0.1) is 0 Å². The first-order valence-electron chi connectivity index (χ1n) is 9.45. The van der Waals surface area contributed by atoms with Crippen LogP contribution in [0.25, 0.3) is 0 Å². The van der Waals surface area contributed by atoms with Gasteiger partial charge in [0.15, 0.2) is 17.8 Å². The van der Waals surface area contributed by atoms with E-state index in [-0.39, 0.29) is 19.0 Å². The summed E-state index contributed by atoms with van der Waals surface area (Å²) in [6, 6.07) is 5.10. The minimum absolute atomic E-state index is 0.262. The maximum absolute atomic E-state index is 10.3. The van der Waals surface area contributed by atoms with Crippen molar-refractivity contribution in [2.75, 3.05) is 26.9 Å². The van der Waals surface area contributed by atoms with E-state index in [1.165, 1.54) is 7.11 Å². The van der Waals surface area contributed by atoms with E-state index in [0.717, 1.165) is 5.56 Å². The van der Waals surface area contributed by atoms with Gasteiger partial charge < -0.3 is 54.3 Å². The summed E-state index contributed by atoms with van der Waals surface area (Å²) in [5, 5.41) is 59.9. The highest BCUT2D eigenvalue weighted by Gasteiger charge is 2.50. The number of aryl methyl sites for hydroxylation is 1. The molecule has 2 aliphatic heterocycles. The molecule has 11 heteroatoms. The molecule has 0 aliphatic carbocycles. The van der Waals surface area contributed by atoms with Crippen molar-refractivity contribution in [3.05, 3.63) is 23.8 Å². The molecule has 1 aromatic rings. The molecule has 8 atom stereocenters. The van der Waals surface area contributed by atoms with Crippen molar-refractivity contribution in [1.82, 2.24) is 0 Å². The zero-order valence-electron chi connectivity index (χ0n) is 16.6. The van der Waals surface area contributed by atoms with Crippen LogP contribution in [-0.4, -0.2) is 106 Å². The average molecular weight is 432 g/mol. The number of hydrogen-bond donors (Lipinski definition) is 6. The van der Waals surface area contributed by atoms with Crippen molar-refractivity contribution in [3.63, 3.8) is 0 Å². The summed E-state index contributed by atoms with van der Waals surface area (Å²) >= 11 is 0. The Morgan fingerprint density at radius 2 is 1.80 bits per heavy atom. The standard InChI is InChI=1S/C19H28O11/c1-9-3-4-10(11(5-9)26-2)29-17-15(23)14(22)13(21)12(30-17)6-27-18-16(24)19(25,7-20)8-28-18/h3-5,12-18,20-25H,6-8H2,1-2H3. The largest absolute Gasteiger partial charge is 0.493 e. The predicted molar refractivity (Wildman–Crippen MR) is 98.8 cm³/mol. The van der Waals surface area contributed by atoms with Crippen molar-refractivity contribution in [2.24, 2.45) is 0 Å². The fourth-order valence-corrected chi connectivity index (χ4v) is 3.27. The van der Waals surface area contributed by atoms with Gasteiger partial charge in [-0.1, -0.05) is 6.07 Å². The molecule has 0 aromatic heterocycles. The zero-order chi connectivity index (χ0) is 22.1. The summed E-state index contributed by atoms with van der Waals surface area (Å²) < 4.78 is 27.0. The lowest BCUT2D eigenvalue weighted by molar-refractivity contribution is -0.289. The van der Waals surface area contributed by atoms with Gasteiger partial charge in [0.2, 0.25) is 6.29 Å². The molecule has 0 radical (unpaired) electrons. The quantitative estimate of drug-likeness (QED) is 0.273. The van der Waals surface area contributed by atoms with E-state index in [1.807, 2.05) is 6.92 Å². The topological polar surface area (TPSA) is 168 Å². The second kappa shape index (κ2) is 9.30. The van der Waals surface area contributed by atoms with Crippen LogP contribution in [0.15, 0.2) is 18.2 Å². The van der Waals surface area contributed by atoms with Gasteiger partial charge in [-0.2, -0.15) is 0 Å². The number of benzene rings is 1. The summed E-state index contributed by atoms with van der Waals surface area (Å²) in [6.07, 6.45) is -9.98. The molecule has 0 bridgehead atoms. The van der Waals surface area contributed by atoms with Gasteiger partial charge in [0.1, 0.15) is 36.1 Å². The smallest absolute Gasteiger partial charge is 0.229 e. The SMILES string of the molecule is COc1cc(C)ccc1OC1OC(COC2OCC(O)(CO)C2O)C(O)C(O)C1O. The minimum atomic E-state index is -1.86. The van der Waals surface area contributed by atoms with Crippen LogP contribution in [0.3, 0.4) is 0 Å². The molecule has 1 aromatic carbocycles. The predicted octanol–water partition coefficient (Wildman–Crippen LogP) is -2.35. The van der Waals surface area contributed by atoms with E-state index < -0.39 is 55.3 Å². The number of methoxy groups -OCH3 is 1. The van der Waals surface area contributed by atoms with Gasteiger partial charge in [-0.25, -0.2) is 0 Å². The van der Waals surface area contributed by atoms with Crippen LogP contribution in [0.1, 0.15) is 5.56 Å². The number of aliphatic hydroxyl groups excluding tert-OH is 5. The summed E-state index contributed by atoms with van der Waals surface area (Å²) in [6.45, 7) is 0.432. The molecule has 0 saturated carbocycles. The van der Waals surface area contributed by atoms with E-state index in [2.05, 4.69) is 0 Å². The fraction of sp³-hybridized carbons (Fsp3) is 0.684. The van der Waals surface area contributed by atoms with Crippen LogP contribution in [0, 0.1) is 6.92 Å². The second-order valence-corrected chi connectivity index (χ2v) is 7.51. The van der Waals surface area contributed by atoms with Crippen molar-refractivity contribution >= 4 is 0 Å². The van der Waals surface area contributed by atoms with E-state index >= 15 is 0 Å². The number of rotatable bonds is 7. The third-order valence-corrected chi connectivity index (χ3v) is 5.24. The summed E-state index contributed by atoms with van der Waals surface area (Å²) in [5.74, 6) is 0.656. The van der Waals surface area contributed by atoms with Crippen molar-refractivity contribution in [3.8, 4) is 11.5 Å². The van der Waals surface area contributed by atoms with Gasteiger partial charge in [-0.3, -0.25) is 0 Å². The van der Waals surface area contributed by atoms with E-state index in [4.69, 9.17) is 23.7 Å². The van der Waals surface area contributed by atoms with Crippen molar-refractivity contribution in [2.45, 2.75) is 55.6 Å². The Kier molecular flexibility index (Phi) is 7.17. The fourth-order valence-electron chi connectivity index (χ4n) is 3.27. The molecular formula is C19H28O11. The van der Waals surface area contributed by atoms with Gasteiger partial charge in [0.05, 0.1) is 26.9 Å². The molecule has 2 fully saturated rings. The number of ether oxygens (including phenoxy) is 5. The first-order valence-corrected chi connectivity index (χ1v) is 9.45. The van der Waals surface area contributed by atoms with Crippen LogP contribution in [0.2, 0.25) is 0 Å². The van der Waals surface area contributed by atoms with Crippen LogP contribution in [-0.2, 0) is 14.2 Å². The monoisotopic (exact) mass is 432 g/mol. The second-order valence-electron chi connectivity index (χ2n) is 7.51. The molecule has 2 saturated heterocycles. The molecule has 2 heterocycles. The summed E-state index contributed by atoms with van der Waals surface area (Å²) in [7, 11) is 1.45. The van der Waals surface area contributed by atoms with Crippen LogP contribution < -0.4 is 9.47 Å².